The minimum atomic E-state index is -2.33. The van der Waals surface area contributed by atoms with Crippen LogP contribution in [0.2, 0.25) is 6.04 Å². The lowest BCUT2D eigenvalue weighted by Gasteiger charge is -2.06. The lowest BCUT2D eigenvalue weighted by atomic mass is 10.1. The van der Waals surface area contributed by atoms with Gasteiger partial charge in [-0.3, -0.25) is 0 Å². The third-order valence-corrected chi connectivity index (χ3v) is 4.24. The van der Waals surface area contributed by atoms with Crippen molar-refractivity contribution in [2.45, 2.75) is 38.1 Å². The zero-order valence-corrected chi connectivity index (χ0v) is 14.7. The zero-order chi connectivity index (χ0) is 12.2. The highest BCUT2D eigenvalue weighted by Gasteiger charge is 2.23. The second-order valence-electron chi connectivity index (χ2n) is 3.26. The van der Waals surface area contributed by atoms with Crippen molar-refractivity contribution in [1.29, 1.82) is 0 Å². The molecule has 0 N–H and O–H groups in total. The molecule has 0 heterocycles. The van der Waals surface area contributed by atoms with Crippen LogP contribution in [0, 0.1) is 0 Å². The number of halogens is 3. The molecule has 15 heavy (non-hydrogen) atoms. The molecule has 0 aliphatic carbocycles. The normalized spacial score (nSPS) is 10.3. The van der Waals surface area contributed by atoms with Crippen LogP contribution in [0.5, 0.6) is 0 Å². The molecule has 0 bridgehead atoms. The van der Waals surface area contributed by atoms with Crippen molar-refractivity contribution in [2.24, 2.45) is 0 Å². The second-order valence-corrected chi connectivity index (χ2v) is 13.4. The zero-order valence-electron chi connectivity index (χ0n) is 9.45. The van der Waals surface area contributed by atoms with Gasteiger partial charge in [-0.25, -0.2) is 0 Å². The molecule has 0 nitrogen and oxygen atoms in total. The van der Waals surface area contributed by atoms with E-state index in [1.54, 1.807) is 0 Å². The Hall–Kier alpha value is 0.784. The van der Waals surface area contributed by atoms with Gasteiger partial charge in [0.25, 0.3) is 0 Å². The Bertz CT molecular complexity index is 155. The first-order valence-corrected chi connectivity index (χ1v) is 11.6. The minimum absolute atomic E-state index is 0.797. The maximum absolute atomic E-state index is 5.73. The van der Waals surface area contributed by atoms with Crippen molar-refractivity contribution in [3.8, 4) is 0 Å². The fraction of sp³-hybridized carbons (Fsp3) is 0.600. The Morgan fingerprint density at radius 1 is 1.00 bits per heavy atom. The van der Waals surface area contributed by atoms with Crippen molar-refractivity contribution in [3.63, 3.8) is 0 Å². The molecule has 0 fully saturated rings. The molecule has 0 saturated carbocycles. The molecular formula is C10H21Cl3Si2. The highest BCUT2D eigenvalue weighted by molar-refractivity contribution is 7.64. The number of hydrogen-bond donors (Lipinski definition) is 0. The summed E-state index contributed by atoms with van der Waals surface area (Å²) in [6.45, 7) is 7.08. The third-order valence-electron chi connectivity index (χ3n) is 1.62. The standard InChI is InChI=1S/C8H15Cl3Si.C2H6Si/c1-2-3-4-5-6-7-8-12(9,10)11;1-2-3/h2H,1,3-8H2;2H,1H2,3H3. The molecule has 90 valence electrons. The second kappa shape index (κ2) is 12.9. The molecule has 0 aliphatic rings. The van der Waals surface area contributed by atoms with E-state index in [2.05, 4.69) is 13.2 Å². The van der Waals surface area contributed by atoms with E-state index in [0.717, 1.165) is 29.1 Å². The predicted molar refractivity (Wildman–Crippen MR) is 81.5 cm³/mol. The van der Waals surface area contributed by atoms with Crippen molar-refractivity contribution < 1.29 is 0 Å². The topological polar surface area (TPSA) is 0 Å². The largest absolute Gasteiger partial charge is 0.341 e. The molecule has 0 aromatic rings. The molecule has 0 amide bonds. The molecule has 0 rings (SSSR count). The molecule has 0 aliphatic heterocycles. The van der Waals surface area contributed by atoms with Crippen LogP contribution < -0.4 is 0 Å². The van der Waals surface area contributed by atoms with Gasteiger partial charge in [0, 0.05) is 10.2 Å². The Balaban J connectivity index is 0. The van der Waals surface area contributed by atoms with Crippen LogP contribution >= 0.6 is 33.2 Å². The molecule has 0 radical (unpaired) electrons. The molecule has 5 heteroatoms. The van der Waals surface area contributed by atoms with Gasteiger partial charge in [0.05, 0.1) is 0 Å². The summed E-state index contributed by atoms with van der Waals surface area (Å²) >= 11 is 17.2. The summed E-state index contributed by atoms with van der Waals surface area (Å²) < 4.78 is 0. The highest BCUT2D eigenvalue weighted by atomic mass is 35.8. The summed E-state index contributed by atoms with van der Waals surface area (Å²) in [6, 6.07) is -1.53. The van der Waals surface area contributed by atoms with Gasteiger partial charge in [-0.05, 0) is 18.9 Å². The van der Waals surface area contributed by atoms with Crippen molar-refractivity contribution in [3.05, 3.63) is 24.9 Å². The van der Waals surface area contributed by atoms with Crippen molar-refractivity contribution in [2.75, 3.05) is 0 Å². The summed E-state index contributed by atoms with van der Waals surface area (Å²) in [5.41, 5.74) is 1.89. The Kier molecular flexibility index (Phi) is 15.6. The molecule has 0 atom stereocenters. The average molecular weight is 304 g/mol. The summed E-state index contributed by atoms with van der Waals surface area (Å²) in [7, 11) is 1.13. The van der Waals surface area contributed by atoms with E-state index in [0.29, 0.717) is 0 Å². The first-order chi connectivity index (χ1) is 6.97. The Labute approximate surface area is 112 Å². The summed E-state index contributed by atoms with van der Waals surface area (Å²) in [5, 5.41) is 0. The molecular weight excluding hydrogens is 283 g/mol. The maximum atomic E-state index is 5.73. The van der Waals surface area contributed by atoms with E-state index in [1.807, 2.05) is 11.8 Å². The van der Waals surface area contributed by atoms with Gasteiger partial charge in [0.2, 0.25) is 0 Å². The third kappa shape index (κ3) is 25.2. The number of rotatable bonds is 7. The summed E-state index contributed by atoms with van der Waals surface area (Å²) in [5.74, 6) is 0. The van der Waals surface area contributed by atoms with Crippen LogP contribution in [0.4, 0.5) is 0 Å². The number of unbranched alkanes of at least 4 members (excludes halogenated alkanes) is 4. The first-order valence-electron chi connectivity index (χ1n) is 5.22. The fourth-order valence-electron chi connectivity index (χ4n) is 0.968. The Morgan fingerprint density at radius 3 is 1.87 bits per heavy atom. The summed E-state index contributed by atoms with van der Waals surface area (Å²) in [4.78, 5) is 0. The van der Waals surface area contributed by atoms with Crippen LogP contribution in [0.1, 0.15) is 32.1 Å². The highest BCUT2D eigenvalue weighted by Crippen LogP contribution is 2.27. The SMILES string of the molecule is C=CCCCCCC[Si](Cl)(Cl)Cl.C=C[SiH3]. The number of allylic oxidation sites excluding steroid dienone is 1. The number of hydrogen-bond acceptors (Lipinski definition) is 0. The maximum Gasteiger partial charge on any atom is 0.341 e. The van der Waals surface area contributed by atoms with Gasteiger partial charge in [0.1, 0.15) is 0 Å². The molecule has 0 aromatic carbocycles. The lowest BCUT2D eigenvalue weighted by Crippen LogP contribution is -2.07. The monoisotopic (exact) mass is 302 g/mol. The molecule has 0 saturated heterocycles. The smallest absolute Gasteiger partial charge is 0.126 e. The van der Waals surface area contributed by atoms with Gasteiger partial charge < -0.3 is 0 Å². The quantitative estimate of drug-likeness (QED) is 0.285. The lowest BCUT2D eigenvalue weighted by molar-refractivity contribution is 0.673. The van der Waals surface area contributed by atoms with Gasteiger partial charge in [-0.15, -0.1) is 52.1 Å². The van der Waals surface area contributed by atoms with Crippen LogP contribution in [0.3, 0.4) is 0 Å². The Morgan fingerprint density at radius 2 is 1.47 bits per heavy atom. The average Bonchev–Trinajstić information content (AvgIpc) is 2.11. The molecule has 0 unspecified atom stereocenters. The van der Waals surface area contributed by atoms with E-state index < -0.39 is 6.00 Å². The van der Waals surface area contributed by atoms with Crippen LogP contribution in [0.25, 0.3) is 0 Å². The van der Waals surface area contributed by atoms with Gasteiger partial charge in [0.15, 0.2) is 0 Å². The van der Waals surface area contributed by atoms with Crippen molar-refractivity contribution >= 4 is 49.5 Å². The van der Waals surface area contributed by atoms with Gasteiger partial charge >= 0.3 is 6.00 Å². The van der Waals surface area contributed by atoms with Crippen LogP contribution in [0.15, 0.2) is 24.9 Å². The first kappa shape index (κ1) is 18.2. The van der Waals surface area contributed by atoms with E-state index in [4.69, 9.17) is 33.2 Å². The van der Waals surface area contributed by atoms with Gasteiger partial charge in [-0.1, -0.05) is 25.3 Å². The van der Waals surface area contributed by atoms with E-state index in [1.165, 1.54) is 19.3 Å². The minimum Gasteiger partial charge on any atom is -0.126 e. The fourth-order valence-corrected chi connectivity index (χ4v) is 2.82. The van der Waals surface area contributed by atoms with Crippen molar-refractivity contribution in [1.82, 2.24) is 0 Å². The molecule has 0 aromatic heterocycles. The predicted octanol–water partition coefficient (Wildman–Crippen LogP) is 4.27. The van der Waals surface area contributed by atoms with Crippen LogP contribution in [-0.4, -0.2) is 16.2 Å². The van der Waals surface area contributed by atoms with E-state index in [9.17, 15) is 0 Å². The van der Waals surface area contributed by atoms with E-state index in [-0.39, 0.29) is 0 Å². The molecule has 0 spiro atoms. The van der Waals surface area contributed by atoms with Crippen LogP contribution in [-0.2, 0) is 0 Å². The van der Waals surface area contributed by atoms with E-state index >= 15 is 0 Å². The summed E-state index contributed by atoms with van der Waals surface area (Å²) in [6.07, 6.45) is 7.72. The van der Waals surface area contributed by atoms with Gasteiger partial charge in [-0.2, -0.15) is 0 Å².